The number of aliphatic hydroxyl groups excluding tert-OH is 2. The van der Waals surface area contributed by atoms with E-state index < -0.39 is 28.8 Å². The summed E-state index contributed by atoms with van der Waals surface area (Å²) in [7, 11) is 22.5. The van der Waals surface area contributed by atoms with E-state index in [-0.39, 0.29) is 210 Å². The molecule has 34 atom stereocenters. The van der Waals surface area contributed by atoms with Gasteiger partial charge in [-0.05, 0) is 128 Å². The second-order valence-electron chi connectivity index (χ2n) is 41.7. The quantitative estimate of drug-likeness (QED) is 0.00926. The van der Waals surface area contributed by atoms with Gasteiger partial charge in [-0.15, -0.1) is 91.2 Å². The summed E-state index contributed by atoms with van der Waals surface area (Å²) in [6.07, 6.45) is 33.2. The average molecular weight is 2120 g/mol. The van der Waals surface area contributed by atoms with Crippen molar-refractivity contribution in [1.82, 2.24) is 0 Å². The smallest absolute Gasteiger partial charge is 0.336 e. The fraction of sp³-hybridized carbons (Fsp3) is 0.549. The maximum atomic E-state index is 12.2. The highest BCUT2D eigenvalue weighted by atomic mass is 31.1. The molecule has 2 N–H and O–H groups in total. The molecule has 20 nitrogen and oxygen atoms in total. The molecule has 15 rings (SSSR count). The molecule has 5 heterocycles. The highest BCUT2D eigenvalue weighted by Gasteiger charge is 2.55. The second-order valence-corrected chi connectivity index (χ2v) is 61.6. The average Bonchev–Trinajstić information content (AvgIpc) is 1.55. The Bertz CT molecular complexity index is 4600. The normalized spacial score (nSPS) is 28.1. The largest absolute Gasteiger partial charge is 0.462 e. The second kappa shape index (κ2) is 55.7. The van der Waals surface area contributed by atoms with E-state index in [0.29, 0.717) is 57.8 Å². The van der Waals surface area contributed by atoms with E-state index in [9.17, 15) is 39.0 Å². The van der Waals surface area contributed by atoms with Crippen molar-refractivity contribution in [2.24, 2.45) is 59.2 Å². The number of hydrogen-bond donors (Lipinski definition) is 2. The molecule has 752 valence electrons. The molecule has 5 saturated heterocycles. The van der Waals surface area contributed by atoms with Crippen LogP contribution in [-0.4, -0.2) is 180 Å². The van der Waals surface area contributed by atoms with Crippen LogP contribution in [0.25, 0.3) is 0 Å². The number of hydrogen-bond acceptors (Lipinski definition) is 20. The lowest BCUT2D eigenvalue weighted by atomic mass is 9.91. The van der Waals surface area contributed by atoms with E-state index >= 15 is 0 Å². The van der Waals surface area contributed by atoms with Crippen LogP contribution in [0.5, 0.6) is 0 Å². The number of benzene rings is 5. The van der Waals surface area contributed by atoms with Gasteiger partial charge in [-0.1, -0.05) is 248 Å². The molecule has 0 aromatic heterocycles. The van der Waals surface area contributed by atoms with E-state index in [2.05, 4.69) is 268 Å². The lowest BCUT2D eigenvalue weighted by Crippen LogP contribution is -2.43. The number of carbonyl (C=O) groups is 6. The Labute approximate surface area is 855 Å². The SMILES string of the molecule is CC(C)(C)[Si](C)(C)O[C@@H](/C=C/[C@@H]1[C@H]2CC(=O)O[C@H]2C[C@H]1OB(P)P)CCc1ccccc1.CC(C)(C)[Si](C)(C)O[C@H](/C=C/[C@@H]1[C@H]2CC(=O)O[C@H]2C[C@H]1OB(P)P)CCc1ccccc1.O=C(/C=C/[C@@H]1[C@H]2CC(=O)O[C@H]2C[C@H]1OB(P)P)CCc1ccccc1.O=C1C[C@@H]2[C@@H](/C=C/[C@@H](O)CCc3ccccc3)[C@H](OB(P)P)C[C@@H]2O1.O=C1C[C@@H]2[C@@H](/C=C/[C@H](O)CCc3ccccc3)[C@H](OB(P)P)C[C@@H]2O1. The fourth-order valence-electron chi connectivity index (χ4n) is 20.3. The summed E-state index contributed by atoms with van der Waals surface area (Å²) in [6.45, 7) is 22.9. The minimum atomic E-state index is -1.93. The first-order valence-electron chi connectivity index (χ1n) is 49.7. The summed E-state index contributed by atoms with van der Waals surface area (Å²) < 4.78 is 71.2. The molecule has 0 spiro atoms. The first-order valence-corrected chi connectivity index (χ1v) is 62.1. The molecule has 10 aliphatic rings. The Morgan fingerprint density at radius 1 is 0.345 bits per heavy atom. The summed E-state index contributed by atoms with van der Waals surface area (Å²) in [5, 5.41) is 20.9. The molecule has 0 amide bonds. The van der Waals surface area contributed by atoms with Gasteiger partial charge in [0.25, 0.3) is 0 Å². The van der Waals surface area contributed by atoms with Crippen LogP contribution < -0.4 is 0 Å². The molecule has 5 aromatic rings. The molecule has 5 aliphatic carbocycles. The van der Waals surface area contributed by atoms with Crippen molar-refractivity contribution in [2.75, 3.05) is 0 Å². The number of aryl methyl sites for hydroxylation is 5. The van der Waals surface area contributed by atoms with E-state index in [1.54, 1.807) is 6.08 Å². The van der Waals surface area contributed by atoms with Crippen LogP contribution in [-0.2, 0) is 117 Å². The Hall–Kier alpha value is -3.48. The molecule has 10 fully saturated rings. The highest BCUT2D eigenvalue weighted by Crippen LogP contribution is 2.51. The van der Waals surface area contributed by atoms with Crippen LogP contribution in [0.3, 0.4) is 0 Å². The van der Waals surface area contributed by atoms with E-state index in [0.717, 1.165) is 76.2 Å². The summed E-state index contributed by atoms with van der Waals surface area (Å²) in [5.74, 6) is 0.951. The number of esters is 5. The molecular formula is C102H151B5O20P10Si2. The van der Waals surface area contributed by atoms with Crippen molar-refractivity contribution in [2.45, 2.75) is 292 Å². The van der Waals surface area contributed by atoms with Crippen LogP contribution in [0.2, 0.25) is 36.3 Å². The zero-order valence-corrected chi connectivity index (χ0v) is 96.2. The number of allylic oxidation sites excluding steroid dienone is 1. The molecule has 5 saturated carbocycles. The molecular weight excluding hydrogens is 1970 g/mol. The van der Waals surface area contributed by atoms with Gasteiger partial charge in [0.2, 0.25) is 0 Å². The predicted molar refractivity (Wildman–Crippen MR) is 601 cm³/mol. The number of rotatable bonds is 39. The molecule has 37 heteroatoms. The fourth-order valence-corrected chi connectivity index (χ4v) is 24.9. The van der Waals surface area contributed by atoms with E-state index in [1.807, 2.05) is 97.1 Å². The Balaban J connectivity index is 0.000000167. The van der Waals surface area contributed by atoms with Crippen LogP contribution >= 0.6 is 91.2 Å². The maximum absolute atomic E-state index is 12.2. The van der Waals surface area contributed by atoms with Crippen LogP contribution in [0.15, 0.2) is 212 Å². The number of carbonyl (C=O) groups excluding carboxylic acids is 6. The monoisotopic (exact) mass is 2120 g/mol. The molecule has 5 aromatic carbocycles. The van der Waals surface area contributed by atoms with Gasteiger partial charge in [-0.3, -0.25) is 28.8 Å². The zero-order chi connectivity index (χ0) is 100. The molecule has 10 unspecified atom stereocenters. The Morgan fingerprint density at radius 2 is 0.561 bits per heavy atom. The molecule has 0 radical (unpaired) electrons. The lowest BCUT2D eigenvalue weighted by Gasteiger charge is -2.39. The van der Waals surface area contributed by atoms with Crippen LogP contribution in [0.4, 0.5) is 0 Å². The number of fused-ring (bicyclic) bond motifs is 5. The van der Waals surface area contributed by atoms with Crippen molar-refractivity contribution >= 4 is 175 Å². The topological polar surface area (TPSA) is 254 Å². The van der Waals surface area contributed by atoms with Crippen molar-refractivity contribution < 1.29 is 94.8 Å². The zero-order valence-electron chi connectivity index (χ0n) is 82.6. The lowest BCUT2D eigenvalue weighted by molar-refractivity contribution is -0.142. The van der Waals surface area contributed by atoms with Crippen LogP contribution in [0.1, 0.15) is 166 Å². The van der Waals surface area contributed by atoms with Gasteiger partial charge in [-0.2, -0.15) is 0 Å². The number of ketones is 1. The van der Waals surface area contributed by atoms with E-state index in [1.165, 1.54) is 22.3 Å². The van der Waals surface area contributed by atoms with Crippen molar-refractivity contribution in [3.05, 3.63) is 240 Å². The van der Waals surface area contributed by atoms with Gasteiger partial charge in [-0.25, -0.2) is 0 Å². The molecule has 0 bridgehead atoms. The van der Waals surface area contributed by atoms with Gasteiger partial charge in [0.1, 0.15) is 30.5 Å². The summed E-state index contributed by atoms with van der Waals surface area (Å²) >= 11 is 0. The highest BCUT2D eigenvalue weighted by molar-refractivity contribution is 7.93. The number of ether oxygens (including phenoxy) is 5. The third kappa shape index (κ3) is 36.5. The Morgan fingerprint density at radius 3 is 0.791 bits per heavy atom. The van der Waals surface area contributed by atoms with Gasteiger partial charge >= 0.3 is 61.6 Å². The molecule has 139 heavy (non-hydrogen) atoms. The van der Waals surface area contributed by atoms with Crippen molar-refractivity contribution in [3.8, 4) is 0 Å². The van der Waals surface area contributed by atoms with Crippen LogP contribution in [0, 0.1) is 59.2 Å². The van der Waals surface area contributed by atoms with Gasteiger partial charge in [0.05, 0.1) is 87.0 Å². The maximum Gasteiger partial charge on any atom is 0.336 e. The first kappa shape index (κ1) is 116. The Kier molecular flexibility index (Phi) is 46.4. The third-order valence-electron chi connectivity index (χ3n) is 29.4. The minimum Gasteiger partial charge on any atom is -0.462 e. The third-order valence-corrected chi connectivity index (χ3v) is 40.0. The first-order chi connectivity index (χ1) is 66.0. The van der Waals surface area contributed by atoms with E-state index in [4.69, 9.17) is 55.8 Å². The minimum absolute atomic E-state index is 0.0113. The van der Waals surface area contributed by atoms with Crippen molar-refractivity contribution in [1.29, 1.82) is 0 Å². The standard InChI is InChI=1S/2C24H39BO4P2Si.2C18H25BO4P2.C18H23BO4P2/c2*1-24(2,3)32(4,5)29-18(12-11-17-9-7-6-8-10-17)13-14-19-20-15-23(26)27-21(20)16-22(19)28-25(30)31;3*20-13(7-6-12-4-2-1-3-5-12)8-9-14-15-10-18(21)22-16(15)11-17(14)23-19(24)25/h2*6-10,13-14,18-22H,11-12,15-16,30-31H2,1-5H3;2*1-5,8-9,13-17,20H,6-7,10-11,24-25H2;1-5,8-9,14-17H,6-7,10-11,24-25H2/b2*14-13+;3*9-8+/t18-,19+,20+,21-,22+;18-,19-,20-,21+,22-;13-,14+,15+,16-,17+;13-,14-,15-,16+,17-;14-,15-,16+,17-/m01011/s1. The van der Waals surface area contributed by atoms with Gasteiger partial charge < -0.3 is 66.0 Å². The summed E-state index contributed by atoms with van der Waals surface area (Å²) in [6, 6.07) is 51.5. The number of aliphatic hydroxyl groups is 2. The van der Waals surface area contributed by atoms with Gasteiger partial charge in [0, 0.05) is 97.7 Å². The van der Waals surface area contributed by atoms with Gasteiger partial charge in [0.15, 0.2) is 22.4 Å². The summed E-state index contributed by atoms with van der Waals surface area (Å²) in [4.78, 5) is 70.8. The predicted octanol–water partition coefficient (Wildman–Crippen LogP) is 19.3. The molecule has 5 aliphatic heterocycles. The van der Waals surface area contributed by atoms with Crippen molar-refractivity contribution in [3.63, 3.8) is 0 Å². The summed E-state index contributed by atoms with van der Waals surface area (Å²) in [5.41, 5.74) is 6.27.